The number of rotatable bonds is 2. The van der Waals surface area contributed by atoms with Gasteiger partial charge in [0.05, 0.1) is 5.39 Å². The van der Waals surface area contributed by atoms with E-state index in [2.05, 4.69) is 0 Å². The van der Waals surface area contributed by atoms with Gasteiger partial charge in [-0.1, -0.05) is 12.1 Å². The minimum absolute atomic E-state index is 0. The molecule has 0 spiro atoms. The van der Waals surface area contributed by atoms with E-state index in [1.807, 2.05) is 48.1 Å². The normalized spacial score (nSPS) is 12.2. The van der Waals surface area contributed by atoms with Gasteiger partial charge in [0.25, 0.3) is 0 Å². The zero-order valence-corrected chi connectivity index (χ0v) is 11.4. The number of aliphatic hydroxyl groups excluding tert-OH is 1. The first-order valence-corrected chi connectivity index (χ1v) is 4.82. The second kappa shape index (κ2) is 5.56. The van der Waals surface area contributed by atoms with Crippen LogP contribution in [0.3, 0.4) is 0 Å². The first-order chi connectivity index (χ1) is 7.24. The molecule has 0 amide bonds. The molecule has 0 aliphatic carbocycles. The number of nitrogens with zero attached hydrogens (tertiary/aromatic N) is 1. The number of aliphatic hydroxyl groups is 1. The van der Waals surface area contributed by atoms with Crippen LogP contribution in [-0.2, 0) is 11.8 Å². The number of fused-ring (bicyclic) bond motifs is 1. The van der Waals surface area contributed by atoms with E-state index in [0.717, 1.165) is 16.5 Å². The summed E-state index contributed by atoms with van der Waals surface area (Å²) in [6, 6.07) is 9.80. The number of halogens is 1. The van der Waals surface area contributed by atoms with Crippen LogP contribution in [0.15, 0.2) is 36.5 Å². The predicted molar refractivity (Wildman–Crippen MR) is 57.1 cm³/mol. The van der Waals surface area contributed by atoms with Gasteiger partial charge in [0, 0.05) is 24.8 Å². The molecule has 16 heavy (non-hydrogen) atoms. The third kappa shape index (κ3) is 2.34. The van der Waals surface area contributed by atoms with E-state index >= 15 is 0 Å². The molecule has 0 unspecified atom stereocenters. The summed E-state index contributed by atoms with van der Waals surface area (Å²) in [6.45, 7) is 0. The van der Waals surface area contributed by atoms with Crippen LogP contribution < -0.4 is 28.5 Å². The number of methoxy groups -OCH3 is 1. The second-order valence-corrected chi connectivity index (χ2v) is 3.49. The van der Waals surface area contributed by atoms with Crippen LogP contribution >= 0.6 is 0 Å². The summed E-state index contributed by atoms with van der Waals surface area (Å²) < 4.78 is 6.95. The lowest BCUT2D eigenvalue weighted by molar-refractivity contribution is -0.645. The van der Waals surface area contributed by atoms with E-state index in [1.54, 1.807) is 0 Å². The van der Waals surface area contributed by atoms with Gasteiger partial charge >= 0.3 is 0 Å². The minimum atomic E-state index is -0.865. The molecule has 1 N–H and O–H groups in total. The zero-order valence-electron chi connectivity index (χ0n) is 9.22. The first kappa shape index (κ1) is 13.3. The van der Waals surface area contributed by atoms with Gasteiger partial charge < -0.3 is 33.8 Å². The largest absolute Gasteiger partial charge is 1.00 e. The summed E-state index contributed by atoms with van der Waals surface area (Å²) in [5.41, 5.74) is 1.87. The quantitative estimate of drug-likeness (QED) is 0.405. The molecule has 1 aromatic heterocycles. The summed E-state index contributed by atoms with van der Waals surface area (Å²) in [5.74, 6) is 0. The van der Waals surface area contributed by atoms with Gasteiger partial charge in [0.1, 0.15) is 7.05 Å². The number of para-hydroxylation sites is 1. The molecule has 2 aromatic rings. The third-order valence-corrected chi connectivity index (χ3v) is 2.56. The summed E-state index contributed by atoms with van der Waals surface area (Å²) >= 11 is 0. The van der Waals surface area contributed by atoms with Crippen molar-refractivity contribution in [3.63, 3.8) is 0 Å². The summed E-state index contributed by atoms with van der Waals surface area (Å²) in [7, 11) is 3.47. The number of benzene rings is 1. The molecule has 0 saturated heterocycles. The molecule has 0 bridgehead atoms. The molecule has 86 valence electrons. The number of hydrogen-bond acceptors (Lipinski definition) is 2. The Balaban J connectivity index is 0.00000128. The summed E-state index contributed by atoms with van der Waals surface area (Å²) in [4.78, 5) is 0. The Labute approximate surface area is 112 Å². The molecule has 0 saturated carbocycles. The van der Waals surface area contributed by atoms with Crippen LogP contribution in [0, 0.1) is 0 Å². The van der Waals surface area contributed by atoms with Crippen LogP contribution in [0.5, 0.6) is 0 Å². The maximum atomic E-state index is 9.69. The molecule has 1 aromatic carbocycles. The van der Waals surface area contributed by atoms with Gasteiger partial charge in [-0.2, -0.15) is 0 Å². The lowest BCUT2D eigenvalue weighted by Gasteiger charge is -2.10. The molecule has 2 rings (SSSR count). The van der Waals surface area contributed by atoms with E-state index in [0.29, 0.717) is 0 Å². The van der Waals surface area contributed by atoms with Crippen molar-refractivity contribution in [2.24, 2.45) is 7.05 Å². The zero-order chi connectivity index (χ0) is 10.8. The van der Waals surface area contributed by atoms with Crippen molar-refractivity contribution >= 4 is 10.9 Å². The van der Waals surface area contributed by atoms with Crippen molar-refractivity contribution in [1.29, 1.82) is 0 Å². The molecule has 0 aliphatic rings. The maximum Gasteiger partial charge on any atom is 0.212 e. The highest BCUT2D eigenvalue weighted by molar-refractivity contribution is 5.79. The van der Waals surface area contributed by atoms with Crippen LogP contribution in [0.2, 0.25) is 0 Å². The van der Waals surface area contributed by atoms with Crippen LogP contribution in [-0.4, -0.2) is 12.2 Å². The Kier molecular flexibility index (Phi) is 4.64. The fraction of sp³-hybridized carbons (Fsp3) is 0.250. The van der Waals surface area contributed by atoms with E-state index in [1.165, 1.54) is 7.11 Å². The van der Waals surface area contributed by atoms with Crippen LogP contribution in [0.25, 0.3) is 10.9 Å². The van der Waals surface area contributed by atoms with Crippen molar-refractivity contribution in [3.05, 3.63) is 42.1 Å². The van der Waals surface area contributed by atoms with Gasteiger partial charge in [-0.3, -0.25) is 0 Å². The Morgan fingerprint density at radius 2 is 1.94 bits per heavy atom. The molecular weight excluding hydrogens is 317 g/mol. The number of aryl methyl sites for hydroxylation is 1. The molecule has 1 atom stereocenters. The van der Waals surface area contributed by atoms with E-state index in [-0.39, 0.29) is 24.0 Å². The molecule has 0 radical (unpaired) electrons. The average Bonchev–Trinajstić information content (AvgIpc) is 2.29. The van der Waals surface area contributed by atoms with E-state index in [4.69, 9.17) is 4.74 Å². The molecular formula is C12H14INO2. The molecule has 0 fully saturated rings. The van der Waals surface area contributed by atoms with Crippen molar-refractivity contribution in [2.45, 2.75) is 6.29 Å². The van der Waals surface area contributed by atoms with Gasteiger partial charge in [0.15, 0.2) is 12.5 Å². The van der Waals surface area contributed by atoms with Crippen molar-refractivity contribution < 1.29 is 38.4 Å². The Morgan fingerprint density at radius 3 is 2.62 bits per heavy atom. The van der Waals surface area contributed by atoms with Crippen molar-refractivity contribution in [3.8, 4) is 0 Å². The van der Waals surface area contributed by atoms with Gasteiger partial charge in [-0.15, -0.1) is 0 Å². The average molecular weight is 331 g/mol. The topological polar surface area (TPSA) is 33.3 Å². The van der Waals surface area contributed by atoms with Gasteiger partial charge in [0.2, 0.25) is 5.52 Å². The fourth-order valence-corrected chi connectivity index (χ4v) is 1.73. The standard InChI is InChI=1S/C12H14NO2.HI/c1-13-8-7-10(12(14)15-2)9-5-3-4-6-11(9)13;/h3-8,12,14H,1-2H3;1H/q+1;/p-1/t12-;/m0./s1. The highest BCUT2D eigenvalue weighted by Crippen LogP contribution is 2.21. The molecule has 4 heteroatoms. The monoisotopic (exact) mass is 331 g/mol. The SMILES string of the molecule is CO[C@H](O)c1cc[n+](C)c2ccccc12.[I-]. The first-order valence-electron chi connectivity index (χ1n) is 4.82. The van der Waals surface area contributed by atoms with E-state index in [9.17, 15) is 5.11 Å². The molecule has 1 heterocycles. The Morgan fingerprint density at radius 1 is 1.25 bits per heavy atom. The molecule has 0 aliphatic heterocycles. The minimum Gasteiger partial charge on any atom is -1.00 e. The maximum absolute atomic E-state index is 9.69. The van der Waals surface area contributed by atoms with Gasteiger partial charge in [-0.25, -0.2) is 4.57 Å². The predicted octanol–water partition coefficient (Wildman–Crippen LogP) is -1.69. The van der Waals surface area contributed by atoms with Crippen molar-refractivity contribution in [1.82, 2.24) is 0 Å². The second-order valence-electron chi connectivity index (χ2n) is 3.49. The smallest absolute Gasteiger partial charge is 0.212 e. The fourth-order valence-electron chi connectivity index (χ4n) is 1.73. The highest BCUT2D eigenvalue weighted by Gasteiger charge is 2.14. The van der Waals surface area contributed by atoms with Crippen LogP contribution in [0.4, 0.5) is 0 Å². The lowest BCUT2D eigenvalue weighted by atomic mass is 10.1. The highest BCUT2D eigenvalue weighted by atomic mass is 127. The third-order valence-electron chi connectivity index (χ3n) is 2.56. The summed E-state index contributed by atoms with van der Waals surface area (Å²) in [5, 5.41) is 10.7. The number of aromatic nitrogens is 1. The van der Waals surface area contributed by atoms with Gasteiger partial charge in [-0.05, 0) is 6.07 Å². The lowest BCUT2D eigenvalue weighted by Crippen LogP contribution is -3.00. The summed E-state index contributed by atoms with van der Waals surface area (Å²) in [6.07, 6.45) is 1.05. The number of ether oxygens (including phenoxy) is 1. The number of pyridine rings is 1. The van der Waals surface area contributed by atoms with Crippen molar-refractivity contribution in [2.75, 3.05) is 7.11 Å². The Bertz CT molecular complexity index is 487. The number of hydrogen-bond donors (Lipinski definition) is 1. The Hall–Kier alpha value is -0.720. The van der Waals surface area contributed by atoms with Crippen LogP contribution in [0.1, 0.15) is 11.9 Å². The van der Waals surface area contributed by atoms with E-state index < -0.39 is 6.29 Å². The molecule has 3 nitrogen and oxygen atoms in total.